The maximum atomic E-state index is 6.07. The molecule has 0 aliphatic carbocycles. The normalized spacial score (nSPS) is 11.7. The molecule has 106 valence electrons. The molecule has 2 rings (SSSR count). The molecule has 0 amide bonds. The highest BCUT2D eigenvalue weighted by Gasteiger charge is 2.15. The third kappa shape index (κ3) is 3.64. The van der Waals surface area contributed by atoms with Crippen molar-refractivity contribution in [1.29, 1.82) is 0 Å². The van der Waals surface area contributed by atoms with Gasteiger partial charge in [0, 0.05) is 23.2 Å². The molecule has 1 heterocycles. The van der Waals surface area contributed by atoms with Crippen molar-refractivity contribution >= 4 is 0 Å². The molecule has 1 aromatic heterocycles. The largest absolute Gasteiger partial charge is 0.325 e. The predicted octanol–water partition coefficient (Wildman–Crippen LogP) is 3.35. The Morgan fingerprint density at radius 2 is 1.70 bits per heavy atom. The summed E-state index contributed by atoms with van der Waals surface area (Å²) in [7, 11) is 0. The highest BCUT2D eigenvalue weighted by atomic mass is 14.9. The number of nitrogens with two attached hydrogens (primary N) is 1. The first-order chi connectivity index (χ1) is 9.24. The molecule has 0 aliphatic heterocycles. The van der Waals surface area contributed by atoms with Crippen LogP contribution in [0.15, 0.2) is 24.3 Å². The zero-order valence-corrected chi connectivity index (χ0v) is 13.0. The van der Waals surface area contributed by atoms with Gasteiger partial charge in [0.15, 0.2) is 0 Å². The molecule has 0 saturated heterocycles. The maximum absolute atomic E-state index is 6.07. The van der Waals surface area contributed by atoms with Gasteiger partial charge in [0.2, 0.25) is 0 Å². The van der Waals surface area contributed by atoms with Crippen LogP contribution in [-0.4, -0.2) is 15.5 Å². The Balaban J connectivity index is 2.43. The van der Waals surface area contributed by atoms with E-state index in [1.54, 1.807) is 0 Å². The molecule has 1 aromatic carbocycles. The number of aryl methyl sites for hydroxylation is 3. The maximum Gasteiger partial charge on any atom is 0.131 e. The fourth-order valence-corrected chi connectivity index (χ4v) is 2.17. The molecule has 2 N–H and O–H groups in total. The molecule has 0 saturated carbocycles. The van der Waals surface area contributed by atoms with Crippen LogP contribution in [-0.2, 0) is 6.42 Å². The Morgan fingerprint density at radius 1 is 1.00 bits per heavy atom. The average Bonchev–Trinajstić information content (AvgIpc) is 2.29. The summed E-state index contributed by atoms with van der Waals surface area (Å²) in [5.41, 5.74) is 11.4. The van der Waals surface area contributed by atoms with E-state index in [1.807, 2.05) is 26.8 Å². The smallest absolute Gasteiger partial charge is 0.131 e. The minimum Gasteiger partial charge on any atom is -0.325 e. The molecule has 0 aliphatic rings. The Hall–Kier alpha value is -1.74. The summed E-state index contributed by atoms with van der Waals surface area (Å²) >= 11 is 0. The SMILES string of the molecule is Cc1cc(-c2ccc(C)c(C)c2)nc(CC(C)(C)N)n1. The lowest BCUT2D eigenvalue weighted by molar-refractivity contribution is 0.502. The van der Waals surface area contributed by atoms with E-state index in [4.69, 9.17) is 5.73 Å². The number of hydrogen-bond acceptors (Lipinski definition) is 3. The Morgan fingerprint density at radius 3 is 2.30 bits per heavy atom. The quantitative estimate of drug-likeness (QED) is 0.929. The van der Waals surface area contributed by atoms with E-state index in [-0.39, 0.29) is 5.54 Å². The van der Waals surface area contributed by atoms with Crippen LogP contribution in [0, 0.1) is 20.8 Å². The van der Waals surface area contributed by atoms with Crippen LogP contribution in [0.4, 0.5) is 0 Å². The first kappa shape index (κ1) is 14.7. The molecule has 0 fully saturated rings. The van der Waals surface area contributed by atoms with Crippen LogP contribution in [0.3, 0.4) is 0 Å². The molecule has 3 nitrogen and oxygen atoms in total. The first-order valence-electron chi connectivity index (χ1n) is 6.96. The van der Waals surface area contributed by atoms with Gasteiger partial charge in [-0.25, -0.2) is 9.97 Å². The number of rotatable bonds is 3. The monoisotopic (exact) mass is 269 g/mol. The van der Waals surface area contributed by atoms with Crippen LogP contribution in [0.2, 0.25) is 0 Å². The van der Waals surface area contributed by atoms with Crippen molar-refractivity contribution < 1.29 is 0 Å². The third-order valence-electron chi connectivity index (χ3n) is 3.32. The number of nitrogens with zero attached hydrogens (tertiary/aromatic N) is 2. The van der Waals surface area contributed by atoms with E-state index < -0.39 is 0 Å². The van der Waals surface area contributed by atoms with E-state index >= 15 is 0 Å². The van der Waals surface area contributed by atoms with Crippen molar-refractivity contribution in [2.45, 2.75) is 46.6 Å². The van der Waals surface area contributed by atoms with E-state index in [1.165, 1.54) is 11.1 Å². The fraction of sp³-hybridized carbons (Fsp3) is 0.412. The van der Waals surface area contributed by atoms with Crippen molar-refractivity contribution in [3.8, 4) is 11.3 Å². The van der Waals surface area contributed by atoms with Gasteiger partial charge in [0.25, 0.3) is 0 Å². The first-order valence-corrected chi connectivity index (χ1v) is 6.96. The Kier molecular flexibility index (Phi) is 3.91. The second kappa shape index (κ2) is 5.33. The third-order valence-corrected chi connectivity index (χ3v) is 3.32. The number of aromatic nitrogens is 2. The molecule has 2 aromatic rings. The van der Waals surface area contributed by atoms with Crippen molar-refractivity contribution in [3.05, 3.63) is 46.9 Å². The summed E-state index contributed by atoms with van der Waals surface area (Å²) in [5.74, 6) is 0.811. The topological polar surface area (TPSA) is 51.8 Å². The summed E-state index contributed by atoms with van der Waals surface area (Å²) in [6.45, 7) is 10.2. The van der Waals surface area contributed by atoms with Crippen LogP contribution < -0.4 is 5.73 Å². The highest BCUT2D eigenvalue weighted by Crippen LogP contribution is 2.21. The van der Waals surface area contributed by atoms with Crippen LogP contribution in [0.5, 0.6) is 0 Å². The average molecular weight is 269 g/mol. The van der Waals surface area contributed by atoms with Crippen molar-refractivity contribution in [3.63, 3.8) is 0 Å². The van der Waals surface area contributed by atoms with Gasteiger partial charge < -0.3 is 5.73 Å². The lowest BCUT2D eigenvalue weighted by Gasteiger charge is -2.17. The summed E-state index contributed by atoms with van der Waals surface area (Å²) < 4.78 is 0. The molecular formula is C17H23N3. The number of hydrogen-bond donors (Lipinski definition) is 1. The van der Waals surface area contributed by atoms with Crippen LogP contribution in [0.25, 0.3) is 11.3 Å². The molecule has 0 radical (unpaired) electrons. The summed E-state index contributed by atoms with van der Waals surface area (Å²) in [4.78, 5) is 9.16. The molecule has 20 heavy (non-hydrogen) atoms. The fourth-order valence-electron chi connectivity index (χ4n) is 2.17. The minimum atomic E-state index is -0.297. The molecule has 0 atom stereocenters. The van der Waals surface area contributed by atoms with Crippen LogP contribution >= 0.6 is 0 Å². The van der Waals surface area contributed by atoms with E-state index in [0.717, 1.165) is 22.8 Å². The van der Waals surface area contributed by atoms with Crippen LogP contribution in [0.1, 0.15) is 36.5 Å². The molecular weight excluding hydrogens is 246 g/mol. The summed E-state index contributed by atoms with van der Waals surface area (Å²) in [6, 6.07) is 8.45. The molecule has 0 unspecified atom stereocenters. The zero-order chi connectivity index (χ0) is 14.9. The van der Waals surface area contributed by atoms with E-state index in [9.17, 15) is 0 Å². The second-order valence-corrected chi connectivity index (χ2v) is 6.28. The van der Waals surface area contributed by atoms with Gasteiger partial charge in [-0.1, -0.05) is 12.1 Å². The number of benzene rings is 1. The summed E-state index contributed by atoms with van der Waals surface area (Å²) in [5, 5.41) is 0. The van der Waals surface area contributed by atoms with Gasteiger partial charge in [-0.2, -0.15) is 0 Å². The van der Waals surface area contributed by atoms with Gasteiger partial charge >= 0.3 is 0 Å². The Bertz CT molecular complexity index is 625. The second-order valence-electron chi connectivity index (χ2n) is 6.28. The zero-order valence-electron chi connectivity index (χ0n) is 13.0. The lowest BCUT2D eigenvalue weighted by Crippen LogP contribution is -2.35. The molecule has 0 spiro atoms. The van der Waals surface area contributed by atoms with Gasteiger partial charge in [-0.3, -0.25) is 0 Å². The molecule has 3 heteroatoms. The van der Waals surface area contributed by atoms with E-state index in [0.29, 0.717) is 6.42 Å². The minimum absolute atomic E-state index is 0.297. The summed E-state index contributed by atoms with van der Waals surface area (Å²) in [6.07, 6.45) is 0.673. The van der Waals surface area contributed by atoms with Gasteiger partial charge in [-0.15, -0.1) is 0 Å². The lowest BCUT2D eigenvalue weighted by atomic mass is 10.0. The van der Waals surface area contributed by atoms with Crippen molar-refractivity contribution in [1.82, 2.24) is 9.97 Å². The van der Waals surface area contributed by atoms with E-state index in [2.05, 4.69) is 42.0 Å². The van der Waals surface area contributed by atoms with Crippen molar-refractivity contribution in [2.75, 3.05) is 0 Å². The van der Waals surface area contributed by atoms with Crippen molar-refractivity contribution in [2.24, 2.45) is 5.73 Å². The van der Waals surface area contributed by atoms with Gasteiger partial charge in [-0.05, 0) is 57.9 Å². The van der Waals surface area contributed by atoms with Gasteiger partial charge in [0.05, 0.1) is 5.69 Å². The highest BCUT2D eigenvalue weighted by molar-refractivity contribution is 5.61. The van der Waals surface area contributed by atoms with Gasteiger partial charge in [0.1, 0.15) is 5.82 Å². The standard InChI is InChI=1S/C17H23N3/c1-11-6-7-14(8-12(11)2)15-9-13(3)19-16(20-15)10-17(4,5)18/h6-9H,10,18H2,1-5H3. The Labute approximate surface area is 121 Å². The molecule has 0 bridgehead atoms. The predicted molar refractivity (Wildman–Crippen MR) is 83.6 cm³/mol.